The number of hydrogen-bond donors (Lipinski definition) is 3. The lowest BCUT2D eigenvalue weighted by atomic mass is 9.88. The summed E-state index contributed by atoms with van der Waals surface area (Å²) in [6, 6.07) is 16.1. The first-order valence-corrected chi connectivity index (χ1v) is 12.9. The molecule has 8 nitrogen and oxygen atoms in total. The van der Waals surface area contributed by atoms with Gasteiger partial charge in [0, 0.05) is 6.20 Å². The van der Waals surface area contributed by atoms with E-state index in [0.29, 0.717) is 29.3 Å². The van der Waals surface area contributed by atoms with Crippen LogP contribution < -0.4 is 15.4 Å². The fourth-order valence-electron chi connectivity index (χ4n) is 3.58. The van der Waals surface area contributed by atoms with Gasteiger partial charge in [-0.1, -0.05) is 81.9 Å². The van der Waals surface area contributed by atoms with Crippen LogP contribution in [0.3, 0.4) is 0 Å². The monoisotopic (exact) mass is 520 g/mol. The summed E-state index contributed by atoms with van der Waals surface area (Å²) in [5.74, 6) is -0.451. The maximum absolute atomic E-state index is 13.0. The number of thiazole rings is 1. The lowest BCUT2D eigenvalue weighted by Crippen LogP contribution is -2.50. The van der Waals surface area contributed by atoms with Crippen LogP contribution in [0.4, 0.5) is 5.13 Å². The number of aliphatic hydroxyl groups is 1. The fraction of sp³-hybridized carbons (Fsp3) is 0.357. The van der Waals surface area contributed by atoms with E-state index >= 15 is 0 Å². The van der Waals surface area contributed by atoms with Gasteiger partial charge in [-0.3, -0.25) is 9.59 Å². The molecule has 0 spiro atoms. The van der Waals surface area contributed by atoms with Crippen LogP contribution in [-0.4, -0.2) is 34.1 Å². The molecule has 194 valence electrons. The van der Waals surface area contributed by atoms with E-state index in [2.05, 4.69) is 21.7 Å². The van der Waals surface area contributed by atoms with E-state index in [9.17, 15) is 20.0 Å². The zero-order valence-corrected chi connectivity index (χ0v) is 22.3. The van der Waals surface area contributed by atoms with E-state index in [1.807, 2.05) is 37.3 Å². The Balaban J connectivity index is 1.71. The van der Waals surface area contributed by atoms with Gasteiger partial charge in [0.15, 0.2) is 5.13 Å². The van der Waals surface area contributed by atoms with Crippen LogP contribution in [0.2, 0.25) is 0 Å². The van der Waals surface area contributed by atoms with Crippen molar-refractivity contribution in [3.05, 3.63) is 65.9 Å². The Morgan fingerprint density at radius 2 is 1.84 bits per heavy atom. The number of carbonyl (C=O) groups is 2. The van der Waals surface area contributed by atoms with Crippen molar-refractivity contribution in [1.82, 2.24) is 10.3 Å². The van der Waals surface area contributed by atoms with Crippen LogP contribution in [0.25, 0.3) is 10.4 Å². The van der Waals surface area contributed by atoms with Crippen LogP contribution in [0, 0.1) is 16.7 Å². The van der Waals surface area contributed by atoms with Crippen LogP contribution in [0.15, 0.2) is 54.7 Å². The van der Waals surface area contributed by atoms with Gasteiger partial charge in [0.2, 0.25) is 11.8 Å². The highest BCUT2D eigenvalue weighted by Crippen LogP contribution is 2.32. The third-order valence-corrected chi connectivity index (χ3v) is 6.63. The molecule has 0 aliphatic rings. The number of hydrogen-bond acceptors (Lipinski definition) is 7. The molecule has 3 N–H and O–H groups in total. The molecule has 0 saturated carbocycles. The average Bonchev–Trinajstić information content (AvgIpc) is 3.34. The maximum atomic E-state index is 13.0. The van der Waals surface area contributed by atoms with Gasteiger partial charge in [0.05, 0.1) is 10.4 Å². The Bertz CT molecular complexity index is 1280. The zero-order valence-electron chi connectivity index (χ0n) is 21.4. The summed E-state index contributed by atoms with van der Waals surface area (Å²) in [5.41, 5.74) is 1.63. The molecule has 2 aromatic carbocycles. The van der Waals surface area contributed by atoms with Crippen molar-refractivity contribution >= 4 is 28.3 Å². The number of amides is 2. The molecule has 37 heavy (non-hydrogen) atoms. The maximum Gasteiger partial charge on any atom is 0.250 e. The normalized spacial score (nSPS) is 12.8. The average molecular weight is 521 g/mol. The van der Waals surface area contributed by atoms with Gasteiger partial charge in [-0.25, -0.2) is 4.98 Å². The van der Waals surface area contributed by atoms with E-state index < -0.39 is 23.5 Å². The quantitative estimate of drug-likeness (QED) is 0.350. The van der Waals surface area contributed by atoms with Crippen molar-refractivity contribution < 1.29 is 19.4 Å². The fourth-order valence-corrected chi connectivity index (χ4v) is 4.46. The Hall–Kier alpha value is -3.74. The molecule has 2 atom stereocenters. The smallest absolute Gasteiger partial charge is 0.250 e. The van der Waals surface area contributed by atoms with Gasteiger partial charge >= 0.3 is 0 Å². The van der Waals surface area contributed by atoms with Crippen molar-refractivity contribution in [1.29, 1.82) is 5.26 Å². The molecule has 1 heterocycles. The zero-order chi connectivity index (χ0) is 27.0. The second-order valence-electron chi connectivity index (χ2n) is 9.69. The van der Waals surface area contributed by atoms with Crippen LogP contribution in [0.5, 0.6) is 5.75 Å². The van der Waals surface area contributed by atoms with Gasteiger partial charge in [0.1, 0.15) is 30.6 Å². The summed E-state index contributed by atoms with van der Waals surface area (Å²) in [4.78, 5) is 30.6. The van der Waals surface area contributed by atoms with Crippen molar-refractivity contribution in [3.8, 4) is 22.3 Å². The minimum Gasteiger partial charge on any atom is -0.487 e. The molecule has 0 bridgehead atoms. The second kappa shape index (κ2) is 12.5. The number of aromatic nitrogens is 1. The van der Waals surface area contributed by atoms with Crippen molar-refractivity contribution in [2.45, 2.75) is 59.3 Å². The Kier molecular flexibility index (Phi) is 9.39. The number of para-hydroxylation sites is 1. The van der Waals surface area contributed by atoms with Gasteiger partial charge in [0.25, 0.3) is 0 Å². The van der Waals surface area contributed by atoms with E-state index in [1.54, 1.807) is 45.2 Å². The molecule has 2 amide bonds. The number of nitriles is 1. The Labute approximate surface area is 221 Å². The number of ether oxygens (including phenoxy) is 1. The van der Waals surface area contributed by atoms with Crippen LogP contribution in [0.1, 0.15) is 51.7 Å². The Morgan fingerprint density at radius 1 is 1.14 bits per heavy atom. The van der Waals surface area contributed by atoms with E-state index in [4.69, 9.17) is 4.74 Å². The predicted molar refractivity (Wildman–Crippen MR) is 144 cm³/mol. The lowest BCUT2D eigenvalue weighted by Gasteiger charge is -2.26. The molecule has 0 aliphatic heterocycles. The highest BCUT2D eigenvalue weighted by molar-refractivity contribution is 7.19. The third-order valence-electron chi connectivity index (χ3n) is 5.69. The lowest BCUT2D eigenvalue weighted by molar-refractivity contribution is -0.137. The molecular formula is C28H32N4O4S. The molecule has 3 aromatic rings. The van der Waals surface area contributed by atoms with Gasteiger partial charge in [-0.15, -0.1) is 0 Å². The molecule has 3 rings (SSSR count). The number of nitrogens with zero attached hydrogens (tertiary/aromatic N) is 2. The molecule has 0 saturated heterocycles. The summed E-state index contributed by atoms with van der Waals surface area (Å²) in [5, 5.41) is 25.4. The predicted octanol–water partition coefficient (Wildman–Crippen LogP) is 4.89. The molecule has 1 unspecified atom stereocenters. The minimum absolute atomic E-state index is 0.259. The highest BCUT2D eigenvalue weighted by atomic mass is 32.1. The van der Waals surface area contributed by atoms with Gasteiger partial charge in [-0.2, -0.15) is 5.26 Å². The number of nitrogens with one attached hydrogen (secondary N) is 2. The topological polar surface area (TPSA) is 124 Å². The number of anilines is 1. The number of carbonyl (C=O) groups excluding carboxylic acids is 2. The van der Waals surface area contributed by atoms with E-state index in [-0.39, 0.29) is 12.5 Å². The molecule has 0 fully saturated rings. The SMILES string of the molecule is CCCC(NC(=O)[C@@H](O)C(C)(C)C)C(=O)Nc1ncc(-c2ccccc2COc2ccccc2C#N)s1. The van der Waals surface area contributed by atoms with E-state index in [1.165, 1.54) is 11.3 Å². The van der Waals surface area contributed by atoms with Crippen LogP contribution in [-0.2, 0) is 16.2 Å². The summed E-state index contributed by atoms with van der Waals surface area (Å²) in [6.45, 7) is 7.45. The first-order valence-electron chi connectivity index (χ1n) is 12.1. The van der Waals surface area contributed by atoms with Gasteiger partial charge < -0.3 is 20.5 Å². The molecule has 9 heteroatoms. The van der Waals surface area contributed by atoms with Crippen molar-refractivity contribution in [3.63, 3.8) is 0 Å². The summed E-state index contributed by atoms with van der Waals surface area (Å²) in [6.07, 6.45) is 1.55. The van der Waals surface area contributed by atoms with Crippen LogP contribution >= 0.6 is 11.3 Å². The number of benzene rings is 2. The highest BCUT2D eigenvalue weighted by Gasteiger charge is 2.32. The molecular weight excluding hydrogens is 488 g/mol. The summed E-state index contributed by atoms with van der Waals surface area (Å²) < 4.78 is 5.92. The largest absolute Gasteiger partial charge is 0.487 e. The third kappa shape index (κ3) is 7.38. The molecule has 1 aromatic heterocycles. The Morgan fingerprint density at radius 3 is 2.54 bits per heavy atom. The standard InChI is InChI=1S/C28H32N4O4S/c1-5-10-21(31-26(35)24(33)28(2,3)4)25(34)32-27-30-16-23(37-27)20-13-8-6-12-19(20)17-36-22-14-9-7-11-18(22)15-29/h6-9,11-14,16,21,24,33H,5,10,17H2,1-4H3,(H,31,35)(H,30,32,34)/t21?,24-/m1/s1. The molecule has 0 radical (unpaired) electrons. The summed E-state index contributed by atoms with van der Waals surface area (Å²) in [7, 11) is 0. The number of rotatable bonds is 10. The van der Waals surface area contributed by atoms with E-state index in [0.717, 1.165) is 16.0 Å². The summed E-state index contributed by atoms with van der Waals surface area (Å²) >= 11 is 1.31. The molecule has 0 aliphatic carbocycles. The second-order valence-corrected chi connectivity index (χ2v) is 10.7. The first-order chi connectivity index (χ1) is 17.6. The van der Waals surface area contributed by atoms with Crippen molar-refractivity contribution in [2.24, 2.45) is 5.41 Å². The number of aliphatic hydroxyl groups excluding tert-OH is 1. The minimum atomic E-state index is -1.23. The van der Waals surface area contributed by atoms with Gasteiger partial charge in [-0.05, 0) is 35.1 Å². The van der Waals surface area contributed by atoms with Crippen molar-refractivity contribution in [2.75, 3.05) is 5.32 Å². The first kappa shape index (κ1) is 27.8.